The molecule has 10 heavy (non-hydrogen) atoms. The van der Waals surface area contributed by atoms with E-state index in [1.807, 2.05) is 26.2 Å². The van der Waals surface area contributed by atoms with Crippen LogP contribution in [0.5, 0.6) is 0 Å². The lowest BCUT2D eigenvalue weighted by Gasteiger charge is -2.03. The van der Waals surface area contributed by atoms with Crippen molar-refractivity contribution in [2.24, 2.45) is 7.05 Å². The van der Waals surface area contributed by atoms with Crippen LogP contribution in [0.3, 0.4) is 0 Å². The maximum Gasteiger partial charge on any atom is 0.0799 e. The fourth-order valence-corrected chi connectivity index (χ4v) is 0.862. The van der Waals surface area contributed by atoms with E-state index in [1.165, 1.54) is 0 Å². The summed E-state index contributed by atoms with van der Waals surface area (Å²) in [5.41, 5.74) is 1.01. The van der Waals surface area contributed by atoms with Gasteiger partial charge in [0.25, 0.3) is 0 Å². The van der Waals surface area contributed by atoms with E-state index in [2.05, 4.69) is 22.6 Å². The molecule has 0 radical (unpaired) electrons. The second kappa shape index (κ2) is 3.07. The van der Waals surface area contributed by atoms with Gasteiger partial charge in [-0.1, -0.05) is 12.8 Å². The molecule has 1 aromatic heterocycles. The van der Waals surface area contributed by atoms with Crippen molar-refractivity contribution >= 4 is 12.8 Å². The zero-order valence-electron chi connectivity index (χ0n) is 6.07. The minimum absolute atomic E-state index is 0.213. The van der Waals surface area contributed by atoms with Crippen LogP contribution in [0.4, 0.5) is 0 Å². The van der Waals surface area contributed by atoms with Crippen LogP contribution >= 0.6 is 12.8 Å². The number of hydrogen-bond acceptors (Lipinski definition) is 3. The fourth-order valence-electron chi connectivity index (χ4n) is 0.730. The maximum absolute atomic E-state index is 4.19. The van der Waals surface area contributed by atoms with Gasteiger partial charge in [0.05, 0.1) is 11.7 Å². The number of thiol groups is 1. The van der Waals surface area contributed by atoms with E-state index in [0.29, 0.717) is 0 Å². The third-order valence-electron chi connectivity index (χ3n) is 1.37. The highest BCUT2D eigenvalue weighted by atomic mass is 32.1. The van der Waals surface area contributed by atoms with E-state index in [4.69, 9.17) is 0 Å². The first-order valence-electron chi connectivity index (χ1n) is 3.13. The molecule has 1 atom stereocenters. The Morgan fingerprint density at radius 2 is 2.50 bits per heavy atom. The summed E-state index contributed by atoms with van der Waals surface area (Å²) in [4.78, 5) is 0. The zero-order chi connectivity index (χ0) is 7.56. The molecule has 0 saturated carbocycles. The highest BCUT2D eigenvalue weighted by Gasteiger charge is 2.03. The zero-order valence-corrected chi connectivity index (χ0v) is 6.97. The number of aromatic nitrogens is 2. The van der Waals surface area contributed by atoms with Crippen LogP contribution in [0.25, 0.3) is 0 Å². The number of rotatable bonds is 2. The van der Waals surface area contributed by atoms with Gasteiger partial charge in [-0.25, -0.2) is 0 Å². The van der Waals surface area contributed by atoms with Crippen LogP contribution in [-0.2, 0) is 7.05 Å². The predicted molar refractivity (Wildman–Crippen MR) is 43.7 cm³/mol. The first-order chi connectivity index (χ1) is 4.74. The van der Waals surface area contributed by atoms with Crippen LogP contribution in [0.15, 0.2) is 12.3 Å². The quantitative estimate of drug-likeness (QED) is 0.625. The summed E-state index contributed by atoms with van der Waals surface area (Å²) in [6.45, 7) is 2.01. The smallest absolute Gasteiger partial charge is 0.0799 e. The third-order valence-corrected chi connectivity index (χ3v) is 1.76. The van der Waals surface area contributed by atoms with E-state index in [9.17, 15) is 0 Å². The van der Waals surface area contributed by atoms with Crippen molar-refractivity contribution in [3.63, 3.8) is 0 Å². The van der Waals surface area contributed by atoms with Gasteiger partial charge in [-0.3, -0.25) is 9.40 Å². The number of aryl methyl sites for hydroxylation is 1. The van der Waals surface area contributed by atoms with E-state index in [0.717, 1.165) is 5.69 Å². The molecule has 1 N–H and O–H groups in total. The Kier molecular flexibility index (Phi) is 2.34. The summed E-state index contributed by atoms with van der Waals surface area (Å²) in [6.07, 6.45) is 1.91. The summed E-state index contributed by atoms with van der Waals surface area (Å²) < 4.78 is 4.59. The second-order valence-corrected chi connectivity index (χ2v) is 2.52. The lowest BCUT2D eigenvalue weighted by Crippen LogP contribution is -2.07. The average Bonchev–Trinajstić information content (AvgIpc) is 2.34. The standard InChI is InChI=1S/C6H11N3S/c1-5(8-10)6-3-4-9(2)7-6/h3-5,8,10H,1-2H3. The Morgan fingerprint density at radius 3 is 2.90 bits per heavy atom. The molecule has 56 valence electrons. The lowest BCUT2D eigenvalue weighted by molar-refractivity contribution is 0.675. The minimum atomic E-state index is 0.213. The molecule has 1 heterocycles. The molecule has 0 aliphatic heterocycles. The largest absolute Gasteiger partial charge is 0.275 e. The van der Waals surface area contributed by atoms with Crippen LogP contribution in [0.1, 0.15) is 18.7 Å². The van der Waals surface area contributed by atoms with Crippen molar-refractivity contribution in [3.05, 3.63) is 18.0 Å². The van der Waals surface area contributed by atoms with Gasteiger partial charge in [-0.15, -0.1) is 0 Å². The van der Waals surface area contributed by atoms with Crippen molar-refractivity contribution in [2.45, 2.75) is 13.0 Å². The minimum Gasteiger partial charge on any atom is -0.275 e. The highest BCUT2D eigenvalue weighted by molar-refractivity contribution is 7.78. The number of nitrogens with one attached hydrogen (secondary N) is 1. The molecule has 0 amide bonds. The summed E-state index contributed by atoms with van der Waals surface area (Å²) in [7, 11) is 1.90. The Bertz CT molecular complexity index is 209. The molecule has 0 aliphatic rings. The average molecular weight is 157 g/mol. The molecule has 0 bridgehead atoms. The maximum atomic E-state index is 4.19. The van der Waals surface area contributed by atoms with Crippen LogP contribution in [-0.4, -0.2) is 9.78 Å². The predicted octanol–water partition coefficient (Wildman–Crippen LogP) is 0.915. The Labute approximate surface area is 66.0 Å². The van der Waals surface area contributed by atoms with Gasteiger partial charge in [-0.2, -0.15) is 5.10 Å². The second-order valence-electron chi connectivity index (χ2n) is 2.27. The Balaban J connectivity index is 2.74. The molecule has 0 saturated heterocycles. The lowest BCUT2D eigenvalue weighted by atomic mass is 10.3. The van der Waals surface area contributed by atoms with Gasteiger partial charge in [0.15, 0.2) is 0 Å². The molecular weight excluding hydrogens is 146 g/mol. The van der Waals surface area contributed by atoms with E-state index < -0.39 is 0 Å². The van der Waals surface area contributed by atoms with Crippen molar-refractivity contribution in [1.82, 2.24) is 14.5 Å². The van der Waals surface area contributed by atoms with Crippen LogP contribution in [0.2, 0.25) is 0 Å². The van der Waals surface area contributed by atoms with Gasteiger partial charge in [-0.05, 0) is 13.0 Å². The summed E-state index contributed by atoms with van der Waals surface area (Å²) >= 11 is 3.94. The molecule has 1 rings (SSSR count). The SMILES string of the molecule is CC(NS)c1ccn(C)n1. The highest BCUT2D eigenvalue weighted by Crippen LogP contribution is 2.07. The number of nitrogens with zero attached hydrogens (tertiary/aromatic N) is 2. The summed E-state index contributed by atoms with van der Waals surface area (Å²) in [5, 5.41) is 4.19. The van der Waals surface area contributed by atoms with Gasteiger partial charge in [0.2, 0.25) is 0 Å². The van der Waals surface area contributed by atoms with E-state index in [-0.39, 0.29) is 6.04 Å². The first-order valence-corrected chi connectivity index (χ1v) is 3.58. The molecule has 1 unspecified atom stereocenters. The molecule has 1 aromatic rings. The summed E-state index contributed by atoms with van der Waals surface area (Å²) in [6, 6.07) is 2.18. The van der Waals surface area contributed by atoms with Crippen molar-refractivity contribution in [2.75, 3.05) is 0 Å². The van der Waals surface area contributed by atoms with Gasteiger partial charge >= 0.3 is 0 Å². The monoisotopic (exact) mass is 157 g/mol. The normalized spacial score (nSPS) is 13.5. The molecule has 3 nitrogen and oxygen atoms in total. The van der Waals surface area contributed by atoms with Gasteiger partial charge in [0, 0.05) is 13.2 Å². The van der Waals surface area contributed by atoms with Crippen LogP contribution in [0, 0.1) is 0 Å². The number of hydrogen-bond donors (Lipinski definition) is 2. The van der Waals surface area contributed by atoms with Gasteiger partial charge < -0.3 is 0 Å². The molecule has 0 aromatic carbocycles. The molecule has 0 fully saturated rings. The Morgan fingerprint density at radius 1 is 1.80 bits per heavy atom. The Hall–Kier alpha value is -0.480. The van der Waals surface area contributed by atoms with Crippen molar-refractivity contribution in [1.29, 1.82) is 0 Å². The van der Waals surface area contributed by atoms with E-state index >= 15 is 0 Å². The third kappa shape index (κ3) is 1.52. The first kappa shape index (κ1) is 7.63. The van der Waals surface area contributed by atoms with Gasteiger partial charge in [0.1, 0.15) is 0 Å². The van der Waals surface area contributed by atoms with Crippen molar-refractivity contribution in [3.8, 4) is 0 Å². The van der Waals surface area contributed by atoms with Crippen LogP contribution < -0.4 is 4.72 Å². The molecule has 0 aliphatic carbocycles. The van der Waals surface area contributed by atoms with Crippen molar-refractivity contribution < 1.29 is 0 Å². The summed E-state index contributed by atoms with van der Waals surface area (Å²) in [5.74, 6) is 0. The molecule has 4 heteroatoms. The molecular formula is C6H11N3S. The fraction of sp³-hybridized carbons (Fsp3) is 0.500. The van der Waals surface area contributed by atoms with E-state index in [1.54, 1.807) is 4.68 Å². The molecule has 0 spiro atoms. The topological polar surface area (TPSA) is 29.9 Å².